The predicted molar refractivity (Wildman–Crippen MR) is 148 cm³/mol. The zero-order valence-corrected chi connectivity index (χ0v) is 22.8. The van der Waals surface area contributed by atoms with Crippen LogP contribution in [0.25, 0.3) is 11.1 Å². The van der Waals surface area contributed by atoms with Crippen molar-refractivity contribution in [3.05, 3.63) is 71.8 Å². The molecule has 2 rings (SSSR count). The average molecular weight is 507 g/mol. The molecule has 0 aliphatic carbocycles. The van der Waals surface area contributed by atoms with Gasteiger partial charge in [0.15, 0.2) is 0 Å². The summed E-state index contributed by atoms with van der Waals surface area (Å²) in [6.07, 6.45) is 3.33. The maximum absolute atomic E-state index is 12.9. The van der Waals surface area contributed by atoms with Gasteiger partial charge in [0, 0.05) is 49.3 Å². The molecule has 4 N–H and O–H groups in total. The fourth-order valence-corrected chi connectivity index (χ4v) is 3.20. The fraction of sp³-hybridized carbons (Fsp3) is 0.357. The monoisotopic (exact) mass is 506 g/mol. The molecule has 4 amide bonds. The molecule has 9 heteroatoms. The van der Waals surface area contributed by atoms with Gasteiger partial charge in [0.25, 0.3) is 11.8 Å². The summed E-state index contributed by atoms with van der Waals surface area (Å²) in [4.78, 5) is 43.5. The Labute approximate surface area is 219 Å². The predicted octanol–water partition coefficient (Wildman–Crippen LogP) is 4.19. The molecule has 198 valence electrons. The van der Waals surface area contributed by atoms with E-state index in [2.05, 4.69) is 32.8 Å². The van der Waals surface area contributed by atoms with Crippen LogP contribution < -0.4 is 21.3 Å². The number of nitrogens with one attached hydrogen (secondary N) is 4. The van der Waals surface area contributed by atoms with Gasteiger partial charge in [-0.2, -0.15) is 0 Å². The van der Waals surface area contributed by atoms with Crippen LogP contribution in [0.2, 0.25) is 0 Å². The van der Waals surface area contributed by atoms with E-state index < -0.39 is 6.03 Å². The highest BCUT2D eigenvalue weighted by atomic mass is 16.2. The molecule has 0 atom stereocenters. The van der Waals surface area contributed by atoms with Gasteiger partial charge in [-0.3, -0.25) is 14.6 Å². The lowest BCUT2D eigenvalue weighted by Gasteiger charge is -2.32. The quantitative estimate of drug-likeness (QED) is 0.301. The first-order chi connectivity index (χ1) is 17.4. The van der Waals surface area contributed by atoms with Gasteiger partial charge in [-0.25, -0.2) is 4.79 Å². The Balaban J connectivity index is 2.26. The van der Waals surface area contributed by atoms with E-state index in [-0.39, 0.29) is 22.9 Å². The van der Waals surface area contributed by atoms with E-state index in [0.717, 1.165) is 16.7 Å². The van der Waals surface area contributed by atoms with Crippen LogP contribution in [0.3, 0.4) is 0 Å². The highest BCUT2D eigenvalue weighted by Crippen LogP contribution is 2.26. The van der Waals surface area contributed by atoms with E-state index in [0.29, 0.717) is 30.2 Å². The molecule has 0 saturated carbocycles. The van der Waals surface area contributed by atoms with Crippen LogP contribution in [0.1, 0.15) is 50.7 Å². The lowest BCUT2D eigenvalue weighted by Crippen LogP contribution is -2.38. The number of carbonyl (C=O) groups excluding carboxylic acids is 3. The van der Waals surface area contributed by atoms with E-state index in [4.69, 9.17) is 0 Å². The molecule has 0 aliphatic rings. The summed E-state index contributed by atoms with van der Waals surface area (Å²) in [6, 6.07) is 8.49. The molecule has 0 unspecified atom stereocenters. The van der Waals surface area contributed by atoms with Crippen LogP contribution in [0.5, 0.6) is 0 Å². The Hall–Kier alpha value is -4.14. The number of anilines is 1. The number of benzene rings is 1. The molecule has 0 radical (unpaired) electrons. The molecule has 2 aromatic rings. The van der Waals surface area contributed by atoms with Gasteiger partial charge < -0.3 is 26.2 Å². The summed E-state index contributed by atoms with van der Waals surface area (Å²) in [6.45, 7) is 16.5. The number of hydrogen-bond acceptors (Lipinski definition) is 5. The molecule has 1 heterocycles. The van der Waals surface area contributed by atoms with Crippen LogP contribution >= 0.6 is 0 Å². The SMILES string of the molecule is C=C(C(=O)NCC)/C(=C\N(C)C(C)(C)C)NC(=O)Nc1ccc(C)c(-c2ccc(C(=O)NCC)nc2)c1. The van der Waals surface area contributed by atoms with Crippen molar-refractivity contribution < 1.29 is 14.4 Å². The first-order valence-corrected chi connectivity index (χ1v) is 12.2. The summed E-state index contributed by atoms with van der Waals surface area (Å²) in [5, 5.41) is 11.0. The number of likely N-dealkylation sites (N-methyl/N-ethyl adjacent to an activating group) is 1. The lowest BCUT2D eigenvalue weighted by atomic mass is 10.0. The van der Waals surface area contributed by atoms with Crippen LogP contribution in [-0.2, 0) is 4.79 Å². The third-order valence-corrected chi connectivity index (χ3v) is 5.71. The standard InChI is InChI=1S/C28H38N6O3/c1-9-29-25(35)19(4)24(17-34(8)28(5,6)7)33-27(37)32-21-13-11-18(3)22(15-21)20-12-14-23(31-16-20)26(36)30-10-2/h11-17H,4,9-10H2,1-3,5-8H3,(H,29,35)(H,30,36)(H2,32,33,37)/b24-17+. The van der Waals surface area contributed by atoms with Crippen LogP contribution in [0.15, 0.2) is 60.6 Å². The second-order valence-electron chi connectivity index (χ2n) is 9.56. The van der Waals surface area contributed by atoms with Crippen molar-refractivity contribution in [2.24, 2.45) is 0 Å². The molecule has 1 aromatic carbocycles. The highest BCUT2D eigenvalue weighted by Gasteiger charge is 2.20. The lowest BCUT2D eigenvalue weighted by molar-refractivity contribution is -0.117. The molecule has 0 aliphatic heterocycles. The molecule has 1 aromatic heterocycles. The van der Waals surface area contributed by atoms with E-state index in [9.17, 15) is 14.4 Å². The molecule has 0 bridgehead atoms. The number of rotatable bonds is 9. The van der Waals surface area contributed by atoms with Gasteiger partial charge in [-0.05, 0) is 70.9 Å². The Bertz CT molecular complexity index is 1180. The van der Waals surface area contributed by atoms with E-state index in [1.54, 1.807) is 24.5 Å². The van der Waals surface area contributed by atoms with Crippen LogP contribution in [0.4, 0.5) is 10.5 Å². The maximum Gasteiger partial charge on any atom is 0.323 e. The van der Waals surface area contributed by atoms with Crippen molar-refractivity contribution >= 4 is 23.5 Å². The number of urea groups is 1. The zero-order valence-electron chi connectivity index (χ0n) is 22.8. The van der Waals surface area contributed by atoms with Gasteiger partial charge in [-0.15, -0.1) is 0 Å². The maximum atomic E-state index is 12.9. The first-order valence-electron chi connectivity index (χ1n) is 12.2. The van der Waals surface area contributed by atoms with Gasteiger partial charge in [0.2, 0.25) is 0 Å². The van der Waals surface area contributed by atoms with Crippen molar-refractivity contribution in [3.8, 4) is 11.1 Å². The van der Waals surface area contributed by atoms with Gasteiger partial charge in [0.1, 0.15) is 5.69 Å². The number of nitrogens with zero attached hydrogens (tertiary/aromatic N) is 2. The molecular formula is C28H38N6O3. The fourth-order valence-electron chi connectivity index (χ4n) is 3.20. The Morgan fingerprint density at radius 1 is 1.05 bits per heavy atom. The van der Waals surface area contributed by atoms with Crippen molar-refractivity contribution in [1.29, 1.82) is 0 Å². The average Bonchev–Trinajstić information content (AvgIpc) is 2.84. The smallest absolute Gasteiger partial charge is 0.323 e. The summed E-state index contributed by atoms with van der Waals surface area (Å²) in [7, 11) is 1.86. The van der Waals surface area contributed by atoms with Gasteiger partial charge in [-0.1, -0.05) is 18.7 Å². The number of carbonyl (C=O) groups is 3. The largest absolute Gasteiger partial charge is 0.374 e. The number of amides is 4. The Morgan fingerprint density at radius 2 is 1.73 bits per heavy atom. The van der Waals surface area contributed by atoms with Crippen LogP contribution in [-0.4, -0.2) is 53.4 Å². The van der Waals surface area contributed by atoms with Crippen molar-refractivity contribution in [3.63, 3.8) is 0 Å². The number of hydrogen-bond donors (Lipinski definition) is 4. The number of aryl methyl sites for hydroxylation is 1. The third kappa shape index (κ3) is 8.20. The minimum absolute atomic E-state index is 0.149. The second-order valence-corrected chi connectivity index (χ2v) is 9.56. The second kappa shape index (κ2) is 12.7. The van der Waals surface area contributed by atoms with Crippen molar-refractivity contribution in [1.82, 2.24) is 25.8 Å². The topological polar surface area (TPSA) is 115 Å². The molecule has 0 saturated heterocycles. The molecule has 0 spiro atoms. The first kappa shape index (κ1) is 29.1. The van der Waals surface area contributed by atoms with E-state index in [1.807, 2.05) is 71.7 Å². The number of pyridine rings is 1. The highest BCUT2D eigenvalue weighted by molar-refractivity contribution is 6.00. The summed E-state index contributed by atoms with van der Waals surface area (Å²) in [5.74, 6) is -0.592. The van der Waals surface area contributed by atoms with Crippen molar-refractivity contribution in [2.75, 3.05) is 25.5 Å². The van der Waals surface area contributed by atoms with E-state index >= 15 is 0 Å². The third-order valence-electron chi connectivity index (χ3n) is 5.71. The van der Waals surface area contributed by atoms with Gasteiger partial charge >= 0.3 is 6.03 Å². The molecule has 9 nitrogen and oxygen atoms in total. The zero-order chi connectivity index (χ0) is 27.8. The summed E-state index contributed by atoms with van der Waals surface area (Å²) >= 11 is 0. The van der Waals surface area contributed by atoms with E-state index in [1.165, 1.54) is 0 Å². The number of aromatic nitrogens is 1. The van der Waals surface area contributed by atoms with Crippen LogP contribution in [0, 0.1) is 6.92 Å². The summed E-state index contributed by atoms with van der Waals surface area (Å²) in [5.41, 5.74) is 3.75. The minimum atomic E-state index is -0.515. The molecular weight excluding hydrogens is 468 g/mol. The molecule has 0 fully saturated rings. The Kier molecular flexibility index (Phi) is 9.99. The minimum Gasteiger partial charge on any atom is -0.374 e. The molecule has 37 heavy (non-hydrogen) atoms. The van der Waals surface area contributed by atoms with Gasteiger partial charge in [0.05, 0.1) is 11.3 Å². The van der Waals surface area contributed by atoms with Crippen molar-refractivity contribution in [2.45, 2.75) is 47.1 Å². The summed E-state index contributed by atoms with van der Waals surface area (Å²) < 4.78 is 0. The Morgan fingerprint density at radius 3 is 2.30 bits per heavy atom. The normalized spacial score (nSPS) is 11.4.